The van der Waals surface area contributed by atoms with E-state index in [1.165, 1.54) is 4.57 Å². The third-order valence-corrected chi connectivity index (χ3v) is 5.34. The Morgan fingerprint density at radius 3 is 2.87 bits per heavy atom. The number of urea groups is 1. The molecule has 1 saturated heterocycles. The standard InChI is InChI=1S/C22H17N5O4/c1-31-16-3-2-15-11-27(19(28)17(15)8-16)12-22(20(29)25-21(30)26-22)6-4-13-9-23-10-14-5-7-24-18(13)14/h2-3,5,7-11,24,28H,12H2,1H3,(H2,25,26,29,30)/p+1/t22-/m1/s1. The van der Waals surface area contributed by atoms with Crippen molar-refractivity contribution in [3.8, 4) is 23.5 Å². The number of H-pyrrole nitrogens is 2. The maximum absolute atomic E-state index is 12.7. The summed E-state index contributed by atoms with van der Waals surface area (Å²) in [6.45, 7) is -0.0786. The summed E-state index contributed by atoms with van der Waals surface area (Å²) in [7, 11) is 1.54. The second-order valence-corrected chi connectivity index (χ2v) is 7.27. The molecule has 4 heterocycles. The molecule has 1 aliphatic heterocycles. The SMILES string of the molecule is COc1ccc2cn(C[C@@]3(C#Cc4c[nH+]cc5cc[nH]c45)NC(=O)NC3=O)c(O)c2c1. The van der Waals surface area contributed by atoms with Crippen LogP contribution in [0.1, 0.15) is 5.56 Å². The summed E-state index contributed by atoms with van der Waals surface area (Å²) in [5.41, 5.74) is -0.0992. The molecular weight excluding hydrogens is 398 g/mol. The Labute approximate surface area is 176 Å². The van der Waals surface area contributed by atoms with Crippen molar-refractivity contribution in [1.29, 1.82) is 0 Å². The minimum Gasteiger partial charge on any atom is -0.497 e. The van der Waals surface area contributed by atoms with E-state index in [9.17, 15) is 14.7 Å². The number of hydrogen-bond acceptors (Lipinski definition) is 4. The van der Waals surface area contributed by atoms with E-state index in [4.69, 9.17) is 4.74 Å². The number of methoxy groups -OCH3 is 1. The number of carbonyl (C=O) groups excluding carboxylic acids is 2. The van der Waals surface area contributed by atoms with Crippen molar-refractivity contribution in [2.45, 2.75) is 12.1 Å². The summed E-state index contributed by atoms with van der Waals surface area (Å²) in [6, 6.07) is 6.54. The zero-order valence-corrected chi connectivity index (χ0v) is 16.4. The summed E-state index contributed by atoms with van der Waals surface area (Å²) < 4.78 is 6.71. The van der Waals surface area contributed by atoms with Gasteiger partial charge in [0, 0.05) is 23.2 Å². The third-order valence-electron chi connectivity index (χ3n) is 5.34. The zero-order chi connectivity index (χ0) is 21.6. The number of ether oxygens (including phenoxy) is 1. The highest BCUT2D eigenvalue weighted by Crippen LogP contribution is 2.32. The predicted octanol–water partition coefficient (Wildman–Crippen LogP) is 1.28. The van der Waals surface area contributed by atoms with E-state index in [0.29, 0.717) is 16.7 Å². The van der Waals surface area contributed by atoms with Gasteiger partial charge in [-0.15, -0.1) is 0 Å². The lowest BCUT2D eigenvalue weighted by Crippen LogP contribution is -2.49. The molecule has 31 heavy (non-hydrogen) atoms. The van der Waals surface area contributed by atoms with Gasteiger partial charge in [-0.25, -0.2) is 9.78 Å². The van der Waals surface area contributed by atoms with E-state index < -0.39 is 17.5 Å². The Balaban J connectivity index is 1.59. The molecule has 0 spiro atoms. The van der Waals surface area contributed by atoms with Gasteiger partial charge in [-0.2, -0.15) is 0 Å². The highest BCUT2D eigenvalue weighted by atomic mass is 16.5. The van der Waals surface area contributed by atoms with Gasteiger partial charge in [0.1, 0.15) is 11.3 Å². The summed E-state index contributed by atoms with van der Waals surface area (Å²) in [6.07, 6.45) is 7.03. The molecule has 1 aromatic carbocycles. The summed E-state index contributed by atoms with van der Waals surface area (Å²) in [4.78, 5) is 30.8. The average molecular weight is 416 g/mol. The molecule has 0 unspecified atom stereocenters. The second kappa shape index (κ2) is 6.81. The Morgan fingerprint density at radius 1 is 1.23 bits per heavy atom. The normalized spacial score (nSPS) is 18.0. The molecule has 9 heteroatoms. The van der Waals surface area contributed by atoms with Crippen molar-refractivity contribution in [2.24, 2.45) is 0 Å². The number of aromatic amines is 2. The number of amides is 3. The van der Waals surface area contributed by atoms with Crippen molar-refractivity contribution in [1.82, 2.24) is 20.2 Å². The lowest BCUT2D eigenvalue weighted by molar-refractivity contribution is -0.376. The maximum atomic E-state index is 12.7. The molecule has 5 rings (SSSR count). The predicted molar refractivity (Wildman–Crippen MR) is 111 cm³/mol. The number of aromatic hydroxyl groups is 1. The molecule has 0 saturated carbocycles. The second-order valence-electron chi connectivity index (χ2n) is 7.27. The molecule has 0 aliphatic carbocycles. The molecule has 1 atom stereocenters. The van der Waals surface area contributed by atoms with Crippen LogP contribution in [0.3, 0.4) is 0 Å². The first-order valence-electron chi connectivity index (χ1n) is 9.49. The van der Waals surface area contributed by atoms with Crippen LogP contribution in [0.15, 0.2) is 49.1 Å². The number of hydrogen-bond donors (Lipinski definition) is 4. The van der Waals surface area contributed by atoms with Gasteiger partial charge in [0.05, 0.1) is 24.6 Å². The molecule has 1 fully saturated rings. The smallest absolute Gasteiger partial charge is 0.323 e. The molecule has 5 N–H and O–H groups in total. The molecule has 1 aliphatic rings. The summed E-state index contributed by atoms with van der Waals surface area (Å²) >= 11 is 0. The van der Waals surface area contributed by atoms with Crippen LogP contribution in [0.25, 0.3) is 21.7 Å². The van der Waals surface area contributed by atoms with Crippen LogP contribution in [0, 0.1) is 11.8 Å². The van der Waals surface area contributed by atoms with Crippen LogP contribution >= 0.6 is 0 Å². The fraction of sp³-hybridized carbons (Fsp3) is 0.136. The van der Waals surface area contributed by atoms with Gasteiger partial charge >= 0.3 is 6.03 Å². The molecule has 9 nitrogen and oxygen atoms in total. The highest BCUT2D eigenvalue weighted by Gasteiger charge is 2.46. The van der Waals surface area contributed by atoms with Crippen LogP contribution in [0.4, 0.5) is 4.79 Å². The number of pyridine rings is 1. The van der Waals surface area contributed by atoms with Gasteiger partial charge in [-0.3, -0.25) is 10.1 Å². The van der Waals surface area contributed by atoms with Gasteiger partial charge in [-0.05, 0) is 24.3 Å². The van der Waals surface area contributed by atoms with E-state index in [2.05, 4.69) is 32.4 Å². The number of nitrogens with zero attached hydrogens (tertiary/aromatic N) is 1. The molecule has 0 bridgehead atoms. The maximum Gasteiger partial charge on any atom is 0.323 e. The molecule has 3 aromatic heterocycles. The number of benzene rings is 1. The van der Waals surface area contributed by atoms with Crippen molar-refractivity contribution in [2.75, 3.05) is 7.11 Å². The van der Waals surface area contributed by atoms with Gasteiger partial charge in [-0.1, -0.05) is 11.8 Å². The number of carbonyl (C=O) groups is 2. The van der Waals surface area contributed by atoms with Crippen LogP contribution < -0.4 is 20.4 Å². The topological polar surface area (TPSA) is 123 Å². The fourth-order valence-electron chi connectivity index (χ4n) is 3.75. The number of fused-ring (bicyclic) bond motifs is 2. The Kier molecular flexibility index (Phi) is 4.08. The molecule has 3 amide bonds. The van der Waals surface area contributed by atoms with E-state index in [1.54, 1.807) is 43.9 Å². The Morgan fingerprint density at radius 2 is 2.10 bits per heavy atom. The number of imide groups is 1. The monoisotopic (exact) mass is 416 g/mol. The van der Waals surface area contributed by atoms with Crippen LogP contribution in [-0.2, 0) is 11.3 Å². The van der Waals surface area contributed by atoms with Gasteiger partial charge < -0.3 is 24.7 Å². The van der Waals surface area contributed by atoms with E-state index in [1.807, 2.05) is 12.3 Å². The van der Waals surface area contributed by atoms with Crippen LogP contribution in [0.5, 0.6) is 11.6 Å². The quantitative estimate of drug-likeness (QED) is 0.297. The van der Waals surface area contributed by atoms with Gasteiger partial charge in [0.15, 0.2) is 18.3 Å². The molecule has 4 aromatic rings. The van der Waals surface area contributed by atoms with Crippen molar-refractivity contribution < 1.29 is 24.4 Å². The van der Waals surface area contributed by atoms with Crippen molar-refractivity contribution in [3.05, 3.63) is 54.6 Å². The lowest BCUT2D eigenvalue weighted by atomic mass is 10.00. The van der Waals surface area contributed by atoms with E-state index >= 15 is 0 Å². The summed E-state index contributed by atoms with van der Waals surface area (Å²) in [5, 5.41) is 17.9. The highest BCUT2D eigenvalue weighted by molar-refractivity contribution is 6.09. The minimum atomic E-state index is -1.55. The average Bonchev–Trinajstić information content (AvgIpc) is 3.43. The van der Waals surface area contributed by atoms with Gasteiger partial charge in [0.25, 0.3) is 5.91 Å². The fourth-order valence-corrected chi connectivity index (χ4v) is 3.75. The van der Waals surface area contributed by atoms with Crippen molar-refractivity contribution in [3.63, 3.8) is 0 Å². The number of aromatic nitrogens is 3. The lowest BCUT2D eigenvalue weighted by Gasteiger charge is -2.20. The van der Waals surface area contributed by atoms with E-state index in [-0.39, 0.29) is 12.4 Å². The first-order valence-corrected chi connectivity index (χ1v) is 9.49. The minimum absolute atomic E-state index is 0.0520. The summed E-state index contributed by atoms with van der Waals surface area (Å²) in [5.74, 6) is 5.88. The molecule has 154 valence electrons. The zero-order valence-electron chi connectivity index (χ0n) is 16.4. The molecular formula is C22H18N5O4+. The third kappa shape index (κ3) is 3.02. The largest absolute Gasteiger partial charge is 0.497 e. The number of rotatable bonds is 3. The first-order chi connectivity index (χ1) is 15.0. The first kappa shape index (κ1) is 18.6. The molecule has 0 radical (unpaired) electrons. The van der Waals surface area contributed by atoms with Gasteiger partial charge in [0.2, 0.25) is 5.54 Å². The van der Waals surface area contributed by atoms with Crippen molar-refractivity contribution >= 4 is 33.6 Å². The Hall–Kier alpha value is -4.45. The Bertz CT molecular complexity index is 1420. The van der Waals surface area contributed by atoms with Crippen LogP contribution in [-0.4, -0.2) is 39.2 Å². The van der Waals surface area contributed by atoms with Crippen LogP contribution in [0.2, 0.25) is 0 Å². The number of nitrogens with one attached hydrogen (secondary N) is 4. The van der Waals surface area contributed by atoms with E-state index in [0.717, 1.165) is 16.3 Å².